The molecular weight excluding hydrogens is 190 g/mol. The maximum atomic E-state index is 5.02. The average molecular weight is 209 g/mol. The van der Waals surface area contributed by atoms with Gasteiger partial charge >= 0.3 is 0 Å². The Bertz CT molecular complexity index is 315. The van der Waals surface area contributed by atoms with Crippen LogP contribution in [-0.4, -0.2) is 23.1 Å². The van der Waals surface area contributed by atoms with Gasteiger partial charge in [0, 0.05) is 24.9 Å². The van der Waals surface area contributed by atoms with Gasteiger partial charge in [0.1, 0.15) is 12.4 Å². The maximum Gasteiger partial charge on any atom is 0.156 e. The van der Waals surface area contributed by atoms with Gasteiger partial charge in [0.15, 0.2) is 5.82 Å². The molecule has 1 rings (SSSR count). The fourth-order valence-electron chi connectivity index (χ4n) is 1.25. The van der Waals surface area contributed by atoms with E-state index in [4.69, 9.17) is 4.74 Å². The first kappa shape index (κ1) is 11.9. The van der Waals surface area contributed by atoms with Crippen molar-refractivity contribution < 1.29 is 4.74 Å². The summed E-state index contributed by atoms with van der Waals surface area (Å²) in [6.07, 6.45) is 1.07. The first-order chi connectivity index (χ1) is 7.15. The van der Waals surface area contributed by atoms with Crippen molar-refractivity contribution in [2.24, 2.45) is 0 Å². The zero-order chi connectivity index (χ0) is 11.3. The van der Waals surface area contributed by atoms with Gasteiger partial charge in [-0.15, -0.1) is 0 Å². The van der Waals surface area contributed by atoms with Gasteiger partial charge in [-0.05, 0) is 20.3 Å². The Morgan fingerprint density at radius 1 is 1.47 bits per heavy atom. The third-order valence-electron chi connectivity index (χ3n) is 2.18. The van der Waals surface area contributed by atoms with Crippen molar-refractivity contribution in [3.8, 4) is 0 Å². The Kier molecular flexibility index (Phi) is 4.49. The van der Waals surface area contributed by atoms with Crippen LogP contribution >= 0.6 is 0 Å². The van der Waals surface area contributed by atoms with E-state index in [1.54, 1.807) is 7.11 Å². The highest BCUT2D eigenvalue weighted by atomic mass is 16.5. The van der Waals surface area contributed by atoms with Gasteiger partial charge in [-0.2, -0.15) is 0 Å². The van der Waals surface area contributed by atoms with Gasteiger partial charge in [-0.3, -0.25) is 0 Å². The lowest BCUT2D eigenvalue weighted by molar-refractivity contribution is 0.177. The van der Waals surface area contributed by atoms with E-state index >= 15 is 0 Å². The van der Waals surface area contributed by atoms with E-state index in [0.29, 0.717) is 12.6 Å². The number of aryl methyl sites for hydroxylation is 1. The molecule has 0 bridgehead atoms. The van der Waals surface area contributed by atoms with Crippen molar-refractivity contribution in [2.45, 2.75) is 39.8 Å². The van der Waals surface area contributed by atoms with Crippen LogP contribution in [0.3, 0.4) is 0 Å². The molecule has 1 aromatic rings. The molecule has 0 aliphatic rings. The van der Waals surface area contributed by atoms with E-state index in [1.165, 1.54) is 0 Å². The molecule has 0 aliphatic heterocycles. The molecule has 0 saturated heterocycles. The topological polar surface area (TPSA) is 47.0 Å². The second kappa shape index (κ2) is 5.66. The number of anilines is 1. The van der Waals surface area contributed by atoms with E-state index in [-0.39, 0.29) is 0 Å². The summed E-state index contributed by atoms with van der Waals surface area (Å²) in [6.45, 7) is 6.69. The van der Waals surface area contributed by atoms with Crippen molar-refractivity contribution in [2.75, 3.05) is 12.4 Å². The minimum atomic E-state index is 0.426. The van der Waals surface area contributed by atoms with Crippen LogP contribution in [0.25, 0.3) is 0 Å². The Morgan fingerprint density at radius 3 is 2.80 bits per heavy atom. The lowest BCUT2D eigenvalue weighted by Gasteiger charge is -2.13. The molecule has 0 fully saturated rings. The van der Waals surface area contributed by atoms with Crippen LogP contribution in [0.5, 0.6) is 0 Å². The molecule has 0 saturated carbocycles. The van der Waals surface area contributed by atoms with E-state index in [0.717, 1.165) is 23.8 Å². The lowest BCUT2D eigenvalue weighted by Crippen LogP contribution is -2.15. The van der Waals surface area contributed by atoms with Crippen LogP contribution in [-0.2, 0) is 11.3 Å². The predicted octanol–water partition coefficient (Wildman–Crippen LogP) is 2.14. The minimum absolute atomic E-state index is 0.426. The third-order valence-corrected chi connectivity index (χ3v) is 2.18. The van der Waals surface area contributed by atoms with Gasteiger partial charge in [0.25, 0.3) is 0 Å². The maximum absolute atomic E-state index is 5.02. The van der Waals surface area contributed by atoms with Crippen molar-refractivity contribution >= 4 is 5.82 Å². The molecule has 0 spiro atoms. The minimum Gasteiger partial charge on any atom is -0.377 e. The van der Waals surface area contributed by atoms with Gasteiger partial charge in [-0.1, -0.05) is 6.92 Å². The summed E-state index contributed by atoms with van der Waals surface area (Å²) >= 11 is 0. The zero-order valence-corrected chi connectivity index (χ0v) is 9.87. The number of rotatable bonds is 5. The van der Waals surface area contributed by atoms with E-state index < -0.39 is 0 Å². The second-order valence-corrected chi connectivity index (χ2v) is 3.70. The normalized spacial score (nSPS) is 12.5. The molecule has 0 amide bonds. The fraction of sp³-hybridized carbons (Fsp3) is 0.636. The molecule has 0 aromatic carbocycles. The SMILES string of the molecule is CCC(C)Nc1cc(C)nc(COC)n1. The molecule has 84 valence electrons. The Balaban J connectivity index is 2.78. The molecular formula is C11H19N3O. The molecule has 1 atom stereocenters. The lowest BCUT2D eigenvalue weighted by atomic mass is 10.2. The molecule has 0 aliphatic carbocycles. The summed E-state index contributed by atoms with van der Waals surface area (Å²) in [6, 6.07) is 2.38. The highest BCUT2D eigenvalue weighted by Gasteiger charge is 2.04. The number of methoxy groups -OCH3 is 1. The van der Waals surface area contributed by atoms with Crippen LogP contribution < -0.4 is 5.32 Å². The number of hydrogen-bond acceptors (Lipinski definition) is 4. The number of aromatic nitrogens is 2. The summed E-state index contributed by atoms with van der Waals surface area (Å²) in [4.78, 5) is 8.64. The van der Waals surface area contributed by atoms with Gasteiger partial charge in [0.05, 0.1) is 0 Å². The van der Waals surface area contributed by atoms with Crippen molar-refractivity contribution in [1.82, 2.24) is 9.97 Å². The first-order valence-corrected chi connectivity index (χ1v) is 5.25. The molecule has 4 nitrogen and oxygen atoms in total. The summed E-state index contributed by atoms with van der Waals surface area (Å²) in [5, 5.41) is 3.32. The largest absolute Gasteiger partial charge is 0.377 e. The van der Waals surface area contributed by atoms with Crippen LogP contribution in [0.1, 0.15) is 31.8 Å². The first-order valence-electron chi connectivity index (χ1n) is 5.25. The number of nitrogens with zero attached hydrogens (tertiary/aromatic N) is 2. The zero-order valence-electron chi connectivity index (χ0n) is 9.87. The predicted molar refractivity (Wildman–Crippen MR) is 60.9 cm³/mol. The molecule has 1 N–H and O–H groups in total. The molecule has 1 heterocycles. The monoisotopic (exact) mass is 209 g/mol. The summed E-state index contributed by atoms with van der Waals surface area (Å²) in [7, 11) is 1.65. The number of hydrogen-bond donors (Lipinski definition) is 1. The van der Waals surface area contributed by atoms with Crippen LogP contribution in [0.15, 0.2) is 6.07 Å². The smallest absolute Gasteiger partial charge is 0.156 e. The van der Waals surface area contributed by atoms with E-state index in [2.05, 4.69) is 29.1 Å². The Hall–Kier alpha value is -1.16. The van der Waals surface area contributed by atoms with E-state index in [1.807, 2.05) is 13.0 Å². The summed E-state index contributed by atoms with van der Waals surface area (Å²) in [5.41, 5.74) is 0.961. The standard InChI is InChI=1S/C11H19N3O/c1-5-8(2)12-10-6-9(3)13-11(14-10)7-15-4/h6,8H,5,7H2,1-4H3,(H,12,13,14). The van der Waals surface area contributed by atoms with Crippen LogP contribution in [0.2, 0.25) is 0 Å². The highest BCUT2D eigenvalue weighted by Crippen LogP contribution is 2.09. The summed E-state index contributed by atoms with van der Waals surface area (Å²) < 4.78 is 5.02. The van der Waals surface area contributed by atoms with Crippen molar-refractivity contribution in [1.29, 1.82) is 0 Å². The van der Waals surface area contributed by atoms with Gasteiger partial charge < -0.3 is 10.1 Å². The van der Waals surface area contributed by atoms with Crippen LogP contribution in [0, 0.1) is 6.92 Å². The molecule has 1 unspecified atom stereocenters. The quantitative estimate of drug-likeness (QED) is 0.807. The molecule has 0 radical (unpaired) electrons. The van der Waals surface area contributed by atoms with Crippen molar-refractivity contribution in [3.63, 3.8) is 0 Å². The van der Waals surface area contributed by atoms with E-state index in [9.17, 15) is 0 Å². The van der Waals surface area contributed by atoms with Crippen LogP contribution in [0.4, 0.5) is 5.82 Å². The highest BCUT2D eigenvalue weighted by molar-refractivity contribution is 5.36. The molecule has 15 heavy (non-hydrogen) atoms. The number of nitrogens with one attached hydrogen (secondary N) is 1. The third kappa shape index (κ3) is 3.83. The Labute approximate surface area is 91.1 Å². The Morgan fingerprint density at radius 2 is 2.20 bits per heavy atom. The molecule has 4 heteroatoms. The summed E-state index contributed by atoms with van der Waals surface area (Å²) in [5.74, 6) is 1.60. The van der Waals surface area contributed by atoms with Gasteiger partial charge in [-0.25, -0.2) is 9.97 Å². The number of ether oxygens (including phenoxy) is 1. The average Bonchev–Trinajstić information content (AvgIpc) is 2.17. The van der Waals surface area contributed by atoms with Crippen molar-refractivity contribution in [3.05, 3.63) is 17.6 Å². The second-order valence-electron chi connectivity index (χ2n) is 3.70. The fourth-order valence-corrected chi connectivity index (χ4v) is 1.25. The van der Waals surface area contributed by atoms with Gasteiger partial charge in [0.2, 0.25) is 0 Å². The molecule has 1 aromatic heterocycles.